The van der Waals surface area contributed by atoms with Crippen molar-refractivity contribution in [2.75, 3.05) is 6.54 Å². The Labute approximate surface area is 128 Å². The normalized spacial score (nSPS) is 10.4. The second kappa shape index (κ2) is 7.13. The Kier molecular flexibility index (Phi) is 5.22. The molecule has 0 aliphatic heterocycles. The molecule has 112 valence electrons. The highest BCUT2D eigenvalue weighted by molar-refractivity contribution is 6.31. The molecule has 1 aromatic heterocycles. The molecule has 21 heavy (non-hydrogen) atoms. The summed E-state index contributed by atoms with van der Waals surface area (Å²) in [5.74, 6) is 0.726. The zero-order chi connectivity index (χ0) is 15.2. The van der Waals surface area contributed by atoms with E-state index in [4.69, 9.17) is 16.1 Å². The van der Waals surface area contributed by atoms with Crippen LogP contribution in [-0.4, -0.2) is 17.7 Å². The van der Waals surface area contributed by atoms with Gasteiger partial charge in [0, 0.05) is 23.7 Å². The predicted octanol–water partition coefficient (Wildman–Crippen LogP) is 2.99. The van der Waals surface area contributed by atoms with Gasteiger partial charge in [-0.3, -0.25) is 0 Å². The van der Waals surface area contributed by atoms with E-state index in [1.54, 1.807) is 0 Å². The first-order chi connectivity index (χ1) is 10.1. The molecule has 2 rings (SSSR count). The zero-order valence-corrected chi connectivity index (χ0v) is 12.8. The largest absolute Gasteiger partial charge is 0.361 e. The van der Waals surface area contributed by atoms with E-state index in [-0.39, 0.29) is 6.03 Å². The minimum absolute atomic E-state index is 0.220. The molecule has 6 heteroatoms. The standard InChI is InChI=1S/C15H18ClN3O2/c1-10-13(11(2)21-19-10)9-18-15(20)17-8-7-12-5-3-4-6-14(12)16/h3-6H,7-9H2,1-2H3,(H2,17,18,20). The van der Waals surface area contributed by atoms with Crippen LogP contribution in [0.25, 0.3) is 0 Å². The SMILES string of the molecule is Cc1noc(C)c1CNC(=O)NCCc1ccccc1Cl. The minimum Gasteiger partial charge on any atom is -0.361 e. The fraction of sp³-hybridized carbons (Fsp3) is 0.333. The molecule has 0 radical (unpaired) electrons. The Morgan fingerprint density at radius 3 is 2.71 bits per heavy atom. The molecule has 0 spiro atoms. The van der Waals surface area contributed by atoms with Gasteiger partial charge in [-0.1, -0.05) is 35.0 Å². The van der Waals surface area contributed by atoms with Crippen molar-refractivity contribution in [3.05, 3.63) is 51.9 Å². The van der Waals surface area contributed by atoms with Gasteiger partial charge in [-0.2, -0.15) is 0 Å². The summed E-state index contributed by atoms with van der Waals surface area (Å²) >= 11 is 6.06. The van der Waals surface area contributed by atoms with Crippen molar-refractivity contribution >= 4 is 17.6 Å². The zero-order valence-electron chi connectivity index (χ0n) is 12.1. The van der Waals surface area contributed by atoms with Crippen LogP contribution >= 0.6 is 11.6 Å². The highest BCUT2D eigenvalue weighted by Crippen LogP contribution is 2.14. The minimum atomic E-state index is -0.220. The van der Waals surface area contributed by atoms with Crippen LogP contribution in [0.5, 0.6) is 0 Å². The average molecular weight is 308 g/mol. The first-order valence-electron chi connectivity index (χ1n) is 6.74. The summed E-state index contributed by atoms with van der Waals surface area (Å²) in [6.45, 7) is 4.60. The molecule has 0 aliphatic rings. The van der Waals surface area contributed by atoms with Crippen LogP contribution in [0.2, 0.25) is 5.02 Å². The summed E-state index contributed by atoms with van der Waals surface area (Å²) in [6, 6.07) is 7.39. The van der Waals surface area contributed by atoms with Gasteiger partial charge >= 0.3 is 6.03 Å². The smallest absolute Gasteiger partial charge is 0.315 e. The summed E-state index contributed by atoms with van der Waals surface area (Å²) in [6.07, 6.45) is 0.693. The summed E-state index contributed by atoms with van der Waals surface area (Å²) < 4.78 is 5.04. The number of hydrogen-bond acceptors (Lipinski definition) is 3. The lowest BCUT2D eigenvalue weighted by atomic mass is 10.1. The molecular weight excluding hydrogens is 290 g/mol. The van der Waals surface area contributed by atoms with E-state index in [1.807, 2.05) is 38.1 Å². The number of nitrogens with zero attached hydrogens (tertiary/aromatic N) is 1. The van der Waals surface area contributed by atoms with Crippen LogP contribution < -0.4 is 10.6 Å². The Bertz CT molecular complexity index is 606. The van der Waals surface area contributed by atoms with E-state index in [0.717, 1.165) is 27.6 Å². The van der Waals surface area contributed by atoms with Crippen molar-refractivity contribution in [1.29, 1.82) is 0 Å². The molecule has 0 saturated carbocycles. The molecule has 5 nitrogen and oxygen atoms in total. The fourth-order valence-electron chi connectivity index (χ4n) is 2.00. The molecule has 0 saturated heterocycles. The molecule has 2 amide bonds. The molecule has 0 aliphatic carbocycles. The van der Waals surface area contributed by atoms with E-state index in [1.165, 1.54) is 0 Å². The number of amides is 2. The van der Waals surface area contributed by atoms with Crippen molar-refractivity contribution in [2.45, 2.75) is 26.8 Å². The van der Waals surface area contributed by atoms with Gasteiger partial charge < -0.3 is 15.2 Å². The lowest BCUT2D eigenvalue weighted by Crippen LogP contribution is -2.36. The number of benzene rings is 1. The van der Waals surface area contributed by atoms with E-state index < -0.39 is 0 Å². The number of hydrogen-bond donors (Lipinski definition) is 2. The van der Waals surface area contributed by atoms with Gasteiger partial charge in [-0.25, -0.2) is 4.79 Å². The quantitative estimate of drug-likeness (QED) is 0.892. The topological polar surface area (TPSA) is 67.2 Å². The predicted molar refractivity (Wildman–Crippen MR) is 81.4 cm³/mol. The Morgan fingerprint density at radius 1 is 1.29 bits per heavy atom. The third kappa shape index (κ3) is 4.23. The highest BCUT2D eigenvalue weighted by atomic mass is 35.5. The molecular formula is C15H18ClN3O2. The maximum Gasteiger partial charge on any atom is 0.315 e. The Hall–Kier alpha value is -2.01. The molecule has 0 bridgehead atoms. The van der Waals surface area contributed by atoms with Crippen LogP contribution in [0.4, 0.5) is 4.79 Å². The molecule has 0 fully saturated rings. The van der Waals surface area contributed by atoms with Crippen LogP contribution in [0.1, 0.15) is 22.6 Å². The maximum absolute atomic E-state index is 11.7. The third-order valence-corrected chi connectivity index (χ3v) is 3.61. The van der Waals surface area contributed by atoms with Gasteiger partial charge in [0.05, 0.1) is 5.69 Å². The number of rotatable bonds is 5. The lowest BCUT2D eigenvalue weighted by Gasteiger charge is -2.08. The van der Waals surface area contributed by atoms with Crippen molar-refractivity contribution in [3.8, 4) is 0 Å². The van der Waals surface area contributed by atoms with E-state index in [9.17, 15) is 4.79 Å². The summed E-state index contributed by atoms with van der Waals surface area (Å²) in [4.78, 5) is 11.7. The molecule has 0 unspecified atom stereocenters. The first-order valence-corrected chi connectivity index (χ1v) is 7.12. The average Bonchev–Trinajstić information content (AvgIpc) is 2.78. The Balaban J connectivity index is 1.74. The summed E-state index contributed by atoms with van der Waals surface area (Å²) in [5, 5.41) is 10.1. The van der Waals surface area contributed by atoms with Crippen molar-refractivity contribution in [3.63, 3.8) is 0 Å². The monoisotopic (exact) mass is 307 g/mol. The van der Waals surface area contributed by atoms with Crippen molar-refractivity contribution < 1.29 is 9.32 Å². The van der Waals surface area contributed by atoms with Gasteiger partial charge in [-0.05, 0) is 31.9 Å². The van der Waals surface area contributed by atoms with Gasteiger partial charge in [-0.15, -0.1) is 0 Å². The second-order valence-corrected chi connectivity index (χ2v) is 5.16. The van der Waals surface area contributed by atoms with Gasteiger partial charge in [0.25, 0.3) is 0 Å². The summed E-state index contributed by atoms with van der Waals surface area (Å²) in [5.41, 5.74) is 2.73. The van der Waals surface area contributed by atoms with E-state index in [0.29, 0.717) is 19.5 Å². The van der Waals surface area contributed by atoms with Crippen molar-refractivity contribution in [2.24, 2.45) is 0 Å². The summed E-state index contributed by atoms with van der Waals surface area (Å²) in [7, 11) is 0. The second-order valence-electron chi connectivity index (χ2n) is 4.75. The Morgan fingerprint density at radius 2 is 2.05 bits per heavy atom. The van der Waals surface area contributed by atoms with Crippen LogP contribution in [0.3, 0.4) is 0 Å². The fourth-order valence-corrected chi connectivity index (χ4v) is 2.23. The first kappa shape index (κ1) is 15.4. The number of carbonyl (C=O) groups excluding carboxylic acids is 1. The molecule has 2 aromatic rings. The van der Waals surface area contributed by atoms with Crippen LogP contribution in [0, 0.1) is 13.8 Å². The van der Waals surface area contributed by atoms with Crippen LogP contribution in [-0.2, 0) is 13.0 Å². The van der Waals surface area contributed by atoms with Gasteiger partial charge in [0.2, 0.25) is 0 Å². The molecule has 0 atom stereocenters. The van der Waals surface area contributed by atoms with Crippen LogP contribution in [0.15, 0.2) is 28.8 Å². The number of nitrogens with one attached hydrogen (secondary N) is 2. The number of aryl methyl sites for hydroxylation is 2. The number of urea groups is 1. The van der Waals surface area contributed by atoms with E-state index in [2.05, 4.69) is 15.8 Å². The number of halogens is 1. The van der Waals surface area contributed by atoms with Gasteiger partial charge in [0.1, 0.15) is 5.76 Å². The third-order valence-electron chi connectivity index (χ3n) is 3.24. The lowest BCUT2D eigenvalue weighted by molar-refractivity contribution is 0.240. The molecule has 1 heterocycles. The van der Waals surface area contributed by atoms with E-state index >= 15 is 0 Å². The number of carbonyl (C=O) groups is 1. The highest BCUT2D eigenvalue weighted by Gasteiger charge is 2.10. The number of aromatic nitrogens is 1. The maximum atomic E-state index is 11.7. The van der Waals surface area contributed by atoms with Crippen molar-refractivity contribution in [1.82, 2.24) is 15.8 Å². The molecule has 2 N–H and O–H groups in total. The van der Waals surface area contributed by atoms with Gasteiger partial charge in [0.15, 0.2) is 0 Å². The molecule has 1 aromatic carbocycles.